The fraction of sp³-hybridized carbons (Fsp3) is 0.417. The number of aryl methyl sites for hydroxylation is 1. The van der Waals surface area contributed by atoms with Crippen molar-refractivity contribution in [3.05, 3.63) is 27.7 Å². The standard InChI is InChI=1S/C12H11BrO3/c1-7-2-8-10(14)4-12(5-15-6-12)16-11(8)3-9(7)13/h2-3H,4-6H2,1H3. The van der Waals surface area contributed by atoms with Crippen molar-refractivity contribution >= 4 is 21.7 Å². The Bertz CT molecular complexity index is 477. The Balaban J connectivity index is 2.08. The van der Waals surface area contributed by atoms with Crippen LogP contribution in [0.5, 0.6) is 5.75 Å². The van der Waals surface area contributed by atoms with Crippen LogP contribution < -0.4 is 4.74 Å². The van der Waals surface area contributed by atoms with Gasteiger partial charge < -0.3 is 9.47 Å². The SMILES string of the molecule is Cc1cc2c(cc1Br)OC1(COC1)CC2=O. The van der Waals surface area contributed by atoms with Crippen LogP contribution in [0.2, 0.25) is 0 Å². The molecule has 1 spiro atoms. The molecule has 0 unspecified atom stereocenters. The van der Waals surface area contributed by atoms with Gasteiger partial charge in [0, 0.05) is 4.47 Å². The van der Waals surface area contributed by atoms with E-state index < -0.39 is 5.60 Å². The highest BCUT2D eigenvalue weighted by Gasteiger charge is 2.47. The summed E-state index contributed by atoms with van der Waals surface area (Å²) in [7, 11) is 0. The molecule has 3 nitrogen and oxygen atoms in total. The molecule has 2 heterocycles. The van der Waals surface area contributed by atoms with Crippen molar-refractivity contribution in [1.82, 2.24) is 0 Å². The third-order valence-electron chi connectivity index (χ3n) is 3.10. The molecule has 0 radical (unpaired) electrons. The van der Waals surface area contributed by atoms with Crippen molar-refractivity contribution < 1.29 is 14.3 Å². The van der Waals surface area contributed by atoms with E-state index in [2.05, 4.69) is 15.9 Å². The molecule has 0 aromatic heterocycles. The third kappa shape index (κ3) is 1.40. The summed E-state index contributed by atoms with van der Waals surface area (Å²) >= 11 is 3.45. The van der Waals surface area contributed by atoms with Crippen LogP contribution in [-0.4, -0.2) is 24.6 Å². The van der Waals surface area contributed by atoms with Crippen LogP contribution in [0.1, 0.15) is 22.3 Å². The summed E-state index contributed by atoms with van der Waals surface area (Å²) in [5.74, 6) is 0.831. The number of fused-ring (bicyclic) bond motifs is 1. The van der Waals surface area contributed by atoms with E-state index in [0.717, 1.165) is 10.0 Å². The van der Waals surface area contributed by atoms with Crippen LogP contribution in [0.4, 0.5) is 0 Å². The minimum absolute atomic E-state index is 0.153. The first kappa shape index (κ1) is 10.3. The summed E-state index contributed by atoms with van der Waals surface area (Å²) in [5.41, 5.74) is 1.36. The van der Waals surface area contributed by atoms with Crippen LogP contribution in [0.3, 0.4) is 0 Å². The Morgan fingerprint density at radius 2 is 2.12 bits per heavy atom. The minimum Gasteiger partial charge on any atom is -0.481 e. The topological polar surface area (TPSA) is 35.5 Å². The molecule has 4 heteroatoms. The van der Waals surface area contributed by atoms with E-state index in [1.807, 2.05) is 19.1 Å². The lowest BCUT2D eigenvalue weighted by Gasteiger charge is -2.43. The van der Waals surface area contributed by atoms with Gasteiger partial charge >= 0.3 is 0 Å². The molecule has 16 heavy (non-hydrogen) atoms. The van der Waals surface area contributed by atoms with E-state index in [1.165, 1.54) is 0 Å². The average molecular weight is 283 g/mol. The maximum Gasteiger partial charge on any atom is 0.170 e. The molecule has 2 aliphatic rings. The highest BCUT2D eigenvalue weighted by Crippen LogP contribution is 2.39. The van der Waals surface area contributed by atoms with Crippen LogP contribution >= 0.6 is 15.9 Å². The minimum atomic E-state index is -0.390. The number of hydrogen-bond acceptors (Lipinski definition) is 3. The van der Waals surface area contributed by atoms with Gasteiger partial charge in [0.1, 0.15) is 5.75 Å². The molecule has 0 amide bonds. The predicted octanol–water partition coefficient (Wildman–Crippen LogP) is 2.49. The van der Waals surface area contributed by atoms with Gasteiger partial charge in [0.25, 0.3) is 0 Å². The fourth-order valence-corrected chi connectivity index (χ4v) is 2.44. The maximum absolute atomic E-state index is 12.0. The van der Waals surface area contributed by atoms with Crippen LogP contribution in [0.25, 0.3) is 0 Å². The van der Waals surface area contributed by atoms with Gasteiger partial charge in [-0.3, -0.25) is 4.79 Å². The molecule has 1 aromatic rings. The van der Waals surface area contributed by atoms with Crippen LogP contribution in [-0.2, 0) is 4.74 Å². The summed E-state index contributed by atoms with van der Waals surface area (Å²) in [6.45, 7) is 3.00. The number of rotatable bonds is 0. The van der Waals surface area contributed by atoms with E-state index in [4.69, 9.17) is 9.47 Å². The predicted molar refractivity (Wildman–Crippen MR) is 62.0 cm³/mol. The molecule has 0 saturated carbocycles. The Hall–Kier alpha value is -0.870. The van der Waals surface area contributed by atoms with Crippen molar-refractivity contribution in [1.29, 1.82) is 0 Å². The lowest BCUT2D eigenvalue weighted by molar-refractivity contribution is -0.162. The second kappa shape index (κ2) is 3.31. The fourth-order valence-electron chi connectivity index (χ4n) is 2.11. The van der Waals surface area contributed by atoms with Gasteiger partial charge in [-0.2, -0.15) is 0 Å². The number of ether oxygens (including phenoxy) is 2. The molecule has 84 valence electrons. The molecule has 0 atom stereocenters. The number of carbonyl (C=O) groups excluding carboxylic acids is 1. The monoisotopic (exact) mass is 282 g/mol. The normalized spacial score (nSPS) is 21.2. The van der Waals surface area contributed by atoms with E-state index >= 15 is 0 Å². The number of halogens is 1. The van der Waals surface area contributed by atoms with Gasteiger partial charge in [-0.15, -0.1) is 0 Å². The highest BCUT2D eigenvalue weighted by atomic mass is 79.9. The van der Waals surface area contributed by atoms with Crippen LogP contribution in [0, 0.1) is 6.92 Å². The van der Waals surface area contributed by atoms with Crippen molar-refractivity contribution in [2.24, 2.45) is 0 Å². The number of benzene rings is 1. The second-order valence-electron chi connectivity index (χ2n) is 4.48. The summed E-state index contributed by atoms with van der Waals surface area (Å²) < 4.78 is 12.0. The molecule has 2 aliphatic heterocycles. The quantitative estimate of drug-likeness (QED) is 0.734. The zero-order chi connectivity index (χ0) is 11.3. The molecular formula is C12H11BrO3. The van der Waals surface area contributed by atoms with Gasteiger partial charge in [-0.25, -0.2) is 0 Å². The van der Waals surface area contributed by atoms with E-state index in [0.29, 0.717) is 30.9 Å². The second-order valence-corrected chi connectivity index (χ2v) is 5.33. The van der Waals surface area contributed by atoms with Crippen molar-refractivity contribution in [3.63, 3.8) is 0 Å². The highest BCUT2D eigenvalue weighted by molar-refractivity contribution is 9.10. The van der Waals surface area contributed by atoms with E-state index in [9.17, 15) is 4.79 Å². The Morgan fingerprint density at radius 1 is 1.38 bits per heavy atom. The Morgan fingerprint density at radius 3 is 2.75 bits per heavy atom. The van der Waals surface area contributed by atoms with E-state index in [1.54, 1.807) is 0 Å². The Kier molecular flexibility index (Phi) is 2.13. The zero-order valence-corrected chi connectivity index (χ0v) is 10.5. The van der Waals surface area contributed by atoms with Gasteiger partial charge in [0.2, 0.25) is 0 Å². The van der Waals surface area contributed by atoms with Crippen molar-refractivity contribution in [3.8, 4) is 5.75 Å². The molecule has 0 N–H and O–H groups in total. The first-order valence-electron chi connectivity index (χ1n) is 5.20. The summed E-state index contributed by atoms with van der Waals surface area (Å²) in [4.78, 5) is 12.0. The van der Waals surface area contributed by atoms with E-state index in [-0.39, 0.29) is 5.78 Å². The molecular weight excluding hydrogens is 272 g/mol. The van der Waals surface area contributed by atoms with Crippen LogP contribution in [0.15, 0.2) is 16.6 Å². The number of Topliss-reactive ketones (excluding diaryl/α,β-unsaturated/α-hetero) is 1. The van der Waals surface area contributed by atoms with Gasteiger partial charge in [0.15, 0.2) is 11.4 Å². The number of ketones is 1. The molecule has 0 bridgehead atoms. The van der Waals surface area contributed by atoms with Crippen molar-refractivity contribution in [2.45, 2.75) is 18.9 Å². The maximum atomic E-state index is 12.0. The smallest absolute Gasteiger partial charge is 0.170 e. The first-order chi connectivity index (χ1) is 7.60. The molecule has 3 rings (SSSR count). The summed E-state index contributed by atoms with van der Waals surface area (Å²) in [6, 6.07) is 3.76. The largest absolute Gasteiger partial charge is 0.481 e. The average Bonchev–Trinajstić information content (AvgIpc) is 2.18. The molecule has 0 aliphatic carbocycles. The lowest BCUT2D eigenvalue weighted by atomic mass is 9.88. The first-order valence-corrected chi connectivity index (χ1v) is 5.99. The lowest BCUT2D eigenvalue weighted by Crippen LogP contribution is -2.57. The summed E-state index contributed by atoms with van der Waals surface area (Å²) in [6.07, 6.45) is 0.432. The number of hydrogen-bond donors (Lipinski definition) is 0. The van der Waals surface area contributed by atoms with Crippen molar-refractivity contribution in [2.75, 3.05) is 13.2 Å². The van der Waals surface area contributed by atoms with Gasteiger partial charge in [0.05, 0.1) is 25.2 Å². The third-order valence-corrected chi connectivity index (χ3v) is 3.95. The van der Waals surface area contributed by atoms with Gasteiger partial charge in [-0.1, -0.05) is 15.9 Å². The molecule has 1 saturated heterocycles. The molecule has 1 fully saturated rings. The van der Waals surface area contributed by atoms with Gasteiger partial charge in [-0.05, 0) is 24.6 Å². The summed E-state index contributed by atoms with van der Waals surface area (Å²) in [5, 5.41) is 0. The molecule has 1 aromatic carbocycles. The Labute approximate surface area is 102 Å². The zero-order valence-electron chi connectivity index (χ0n) is 8.88. The number of carbonyl (C=O) groups is 1.